The summed E-state index contributed by atoms with van der Waals surface area (Å²) in [7, 11) is 0. The van der Waals surface area contributed by atoms with Crippen LogP contribution in [-0.2, 0) is 6.54 Å². The highest BCUT2D eigenvalue weighted by Crippen LogP contribution is 2.10. The van der Waals surface area contributed by atoms with Crippen LogP contribution in [0.3, 0.4) is 0 Å². The summed E-state index contributed by atoms with van der Waals surface area (Å²) in [5.74, 6) is 0.815. The largest absolute Gasteiger partial charge is 0.341 e. The molecule has 0 aliphatic carbocycles. The molecule has 0 fully saturated rings. The fourth-order valence-electron chi connectivity index (χ4n) is 3.26. The van der Waals surface area contributed by atoms with Gasteiger partial charge in [0, 0.05) is 52.5 Å². The lowest BCUT2D eigenvalue weighted by molar-refractivity contribution is 0.713. The highest BCUT2D eigenvalue weighted by atomic mass is 15.2. The molecule has 0 bridgehead atoms. The number of hydrogen-bond donors (Lipinski definition) is 0. The van der Waals surface area contributed by atoms with Crippen LogP contribution in [0.1, 0.15) is 32.3 Å². The lowest BCUT2D eigenvalue weighted by atomic mass is 10.2. The van der Waals surface area contributed by atoms with Crippen LogP contribution < -0.4 is 15.6 Å². The zero-order valence-corrected chi connectivity index (χ0v) is 15.2. The summed E-state index contributed by atoms with van der Waals surface area (Å²) in [6, 6.07) is 8.26. The zero-order valence-electron chi connectivity index (χ0n) is 15.2. The van der Waals surface area contributed by atoms with Gasteiger partial charge in [0.1, 0.15) is 0 Å². The minimum absolute atomic E-state index is 0.689. The molecular weight excluding hydrogens is 308 g/mol. The maximum atomic E-state index is 4.59. The molecule has 0 aliphatic heterocycles. The molecule has 25 heavy (non-hydrogen) atoms. The summed E-state index contributed by atoms with van der Waals surface area (Å²) in [6.07, 6.45) is 6.03. The van der Waals surface area contributed by atoms with Crippen LogP contribution in [0.5, 0.6) is 0 Å². The van der Waals surface area contributed by atoms with E-state index in [0.717, 1.165) is 58.9 Å². The van der Waals surface area contributed by atoms with Gasteiger partial charge in [-0.05, 0) is 12.8 Å². The summed E-state index contributed by atoms with van der Waals surface area (Å²) in [5.41, 5.74) is 1.06. The Morgan fingerprint density at radius 2 is 1.44 bits per heavy atom. The molecule has 2 aromatic heterocycles. The molecule has 0 amide bonds. The quantitative estimate of drug-likeness (QED) is 0.666. The van der Waals surface area contributed by atoms with E-state index in [4.69, 9.17) is 0 Å². The van der Waals surface area contributed by atoms with Gasteiger partial charge in [0.2, 0.25) is 5.95 Å². The van der Waals surface area contributed by atoms with Gasteiger partial charge in [0.25, 0.3) is 0 Å². The van der Waals surface area contributed by atoms with Gasteiger partial charge in [-0.2, -0.15) is 0 Å². The van der Waals surface area contributed by atoms with Crippen molar-refractivity contribution in [2.24, 2.45) is 0 Å². The van der Waals surface area contributed by atoms with E-state index in [1.165, 1.54) is 0 Å². The molecule has 3 rings (SSSR count). The fraction of sp³-hybridized carbons (Fsp3) is 0.333. The molecule has 4 nitrogen and oxygen atoms in total. The van der Waals surface area contributed by atoms with E-state index in [1.54, 1.807) is 0 Å². The van der Waals surface area contributed by atoms with Crippen molar-refractivity contribution in [3.8, 4) is 0 Å². The Kier molecular flexibility index (Phi) is 5.17. The standard InChI is InChI=1S/C21H26N4/c1-5-11-24(12-6-2)21-22-13-18(14-23-21)15-25-16(3)19-9-7-8-10-20(19)17(25)4/h7-10,13-14H,3-6,11-12,15H2,1-2H3. The second-order valence-corrected chi connectivity index (χ2v) is 6.40. The number of fused-ring (bicyclic) bond motifs is 1. The van der Waals surface area contributed by atoms with Gasteiger partial charge in [-0.15, -0.1) is 0 Å². The highest BCUT2D eigenvalue weighted by molar-refractivity contribution is 5.83. The van der Waals surface area contributed by atoms with Crippen LogP contribution in [0.2, 0.25) is 0 Å². The third-order valence-electron chi connectivity index (χ3n) is 4.50. The lowest BCUT2D eigenvalue weighted by Crippen LogP contribution is -2.28. The summed E-state index contributed by atoms with van der Waals surface area (Å²) >= 11 is 0. The van der Waals surface area contributed by atoms with Crippen LogP contribution in [-0.4, -0.2) is 27.6 Å². The number of hydrogen-bond acceptors (Lipinski definition) is 3. The molecule has 4 heteroatoms. The van der Waals surface area contributed by atoms with E-state index < -0.39 is 0 Å². The van der Waals surface area contributed by atoms with Crippen molar-refractivity contribution < 1.29 is 0 Å². The molecule has 2 heterocycles. The van der Waals surface area contributed by atoms with E-state index in [-0.39, 0.29) is 0 Å². The molecule has 0 saturated carbocycles. The Labute approximate surface area is 149 Å². The Morgan fingerprint density at radius 1 is 0.920 bits per heavy atom. The highest BCUT2D eigenvalue weighted by Gasteiger charge is 2.09. The van der Waals surface area contributed by atoms with Crippen molar-refractivity contribution in [1.29, 1.82) is 0 Å². The van der Waals surface area contributed by atoms with Crippen molar-refractivity contribution in [1.82, 2.24) is 14.5 Å². The predicted octanol–water partition coefficient (Wildman–Crippen LogP) is 2.93. The summed E-state index contributed by atoms with van der Waals surface area (Å²) in [4.78, 5) is 11.4. The zero-order chi connectivity index (χ0) is 17.8. The Bertz CT molecular complexity index is 887. The molecule has 0 saturated heterocycles. The van der Waals surface area contributed by atoms with E-state index >= 15 is 0 Å². The molecule has 3 aromatic rings. The van der Waals surface area contributed by atoms with Crippen LogP contribution >= 0.6 is 0 Å². The first-order valence-electron chi connectivity index (χ1n) is 8.96. The molecule has 0 aliphatic rings. The molecule has 0 atom stereocenters. The number of aromatic nitrogens is 3. The van der Waals surface area contributed by atoms with E-state index in [9.17, 15) is 0 Å². The van der Waals surface area contributed by atoms with E-state index in [2.05, 4.69) is 58.6 Å². The summed E-state index contributed by atoms with van der Waals surface area (Å²) < 4.78 is 2.14. The normalized spacial score (nSPS) is 11.1. The van der Waals surface area contributed by atoms with Crippen LogP contribution in [0.4, 0.5) is 5.95 Å². The van der Waals surface area contributed by atoms with Crippen molar-refractivity contribution >= 4 is 29.9 Å². The van der Waals surface area contributed by atoms with E-state index in [1.807, 2.05) is 24.5 Å². The smallest absolute Gasteiger partial charge is 0.225 e. The topological polar surface area (TPSA) is 34.0 Å². The fourth-order valence-corrected chi connectivity index (χ4v) is 3.26. The van der Waals surface area contributed by atoms with Crippen LogP contribution in [0.15, 0.2) is 36.7 Å². The molecule has 0 N–H and O–H groups in total. The first-order valence-corrected chi connectivity index (χ1v) is 8.96. The number of benzene rings is 1. The monoisotopic (exact) mass is 334 g/mol. The Hall–Kier alpha value is -2.62. The van der Waals surface area contributed by atoms with Crippen LogP contribution in [0, 0.1) is 0 Å². The molecule has 0 unspecified atom stereocenters. The van der Waals surface area contributed by atoms with Crippen molar-refractivity contribution in [3.63, 3.8) is 0 Å². The van der Waals surface area contributed by atoms with Crippen molar-refractivity contribution in [3.05, 3.63) is 52.9 Å². The van der Waals surface area contributed by atoms with Crippen LogP contribution in [0.25, 0.3) is 23.9 Å². The first kappa shape index (κ1) is 17.2. The minimum atomic E-state index is 0.689. The maximum Gasteiger partial charge on any atom is 0.225 e. The second kappa shape index (κ2) is 7.51. The number of rotatable bonds is 7. The molecule has 0 radical (unpaired) electrons. The van der Waals surface area contributed by atoms with Gasteiger partial charge in [0.15, 0.2) is 0 Å². The SMILES string of the molecule is C=c1c2ccccc2c(=C)n1Cc1cnc(N(CCC)CCC)nc1. The third kappa shape index (κ3) is 3.43. The Morgan fingerprint density at radius 3 is 1.92 bits per heavy atom. The molecule has 1 aromatic carbocycles. The third-order valence-corrected chi connectivity index (χ3v) is 4.50. The van der Waals surface area contributed by atoms with E-state index in [0.29, 0.717) is 6.54 Å². The molecule has 0 spiro atoms. The average Bonchev–Trinajstić information content (AvgIpc) is 2.88. The number of anilines is 1. The van der Waals surface area contributed by atoms with Crippen molar-refractivity contribution in [2.45, 2.75) is 33.2 Å². The Balaban J connectivity index is 1.87. The van der Waals surface area contributed by atoms with Gasteiger partial charge in [-0.1, -0.05) is 51.3 Å². The van der Waals surface area contributed by atoms with Gasteiger partial charge < -0.3 is 9.47 Å². The molecular formula is C21H26N4. The van der Waals surface area contributed by atoms with Gasteiger partial charge >= 0.3 is 0 Å². The molecule has 130 valence electrons. The van der Waals surface area contributed by atoms with Gasteiger partial charge in [-0.3, -0.25) is 0 Å². The van der Waals surface area contributed by atoms with Crippen molar-refractivity contribution in [2.75, 3.05) is 18.0 Å². The lowest BCUT2D eigenvalue weighted by Gasteiger charge is -2.21. The predicted molar refractivity (Wildman–Crippen MR) is 106 cm³/mol. The first-order chi connectivity index (χ1) is 12.2. The van der Waals surface area contributed by atoms with Gasteiger partial charge in [-0.25, -0.2) is 9.97 Å². The summed E-state index contributed by atoms with van der Waals surface area (Å²) in [5, 5.41) is 4.29. The average molecular weight is 334 g/mol. The minimum Gasteiger partial charge on any atom is -0.341 e. The van der Waals surface area contributed by atoms with Gasteiger partial charge in [0.05, 0.1) is 6.54 Å². The second-order valence-electron chi connectivity index (χ2n) is 6.40. The summed E-state index contributed by atoms with van der Waals surface area (Å²) in [6.45, 7) is 15.5. The number of nitrogens with zero attached hydrogens (tertiary/aromatic N) is 4. The maximum absolute atomic E-state index is 4.59.